The number of anilines is 2. The van der Waals surface area contributed by atoms with Crippen molar-refractivity contribution in [2.75, 3.05) is 43.5 Å². The molecule has 3 aromatic rings. The number of nitrogens with one attached hydrogen (secondary N) is 2. The Hall–Kier alpha value is -3.78. The number of ether oxygens (including phenoxy) is 1. The quantitative estimate of drug-likeness (QED) is 0.545. The molecule has 8 heteroatoms. The number of methoxy groups -OCH3 is 1. The average molecular weight is 462 g/mol. The fraction of sp³-hybridized carbons (Fsp3) is 0.308. The minimum Gasteiger partial charge on any atom is -0.471 e. The smallest absolute Gasteiger partial charge is 0.292 e. The number of pyridine rings is 2. The second-order valence-electron chi connectivity index (χ2n) is 8.03. The highest BCUT2D eigenvalue weighted by atomic mass is 16.5. The molecule has 1 aliphatic heterocycles. The Morgan fingerprint density at radius 3 is 2.50 bits per heavy atom. The summed E-state index contributed by atoms with van der Waals surface area (Å²) >= 11 is 0. The number of carbonyl (C=O) groups excluding carboxylic acids is 2. The SMILES string of the molecule is COC=O.Cc1cc(-c2ccc(CC(=O)Nc3ccc(N4CCNCC4)cn3)cc2C)ccn1. The van der Waals surface area contributed by atoms with Crippen LogP contribution in [-0.4, -0.2) is 55.6 Å². The van der Waals surface area contributed by atoms with Gasteiger partial charge >= 0.3 is 0 Å². The highest BCUT2D eigenvalue weighted by Crippen LogP contribution is 2.25. The summed E-state index contributed by atoms with van der Waals surface area (Å²) in [5.74, 6) is 0.517. The molecule has 4 rings (SSSR count). The lowest BCUT2D eigenvalue weighted by Gasteiger charge is -2.29. The molecule has 0 bridgehead atoms. The van der Waals surface area contributed by atoms with E-state index in [2.05, 4.69) is 55.4 Å². The van der Waals surface area contributed by atoms with E-state index in [0.29, 0.717) is 18.7 Å². The van der Waals surface area contributed by atoms with E-state index >= 15 is 0 Å². The van der Waals surface area contributed by atoms with Crippen LogP contribution < -0.4 is 15.5 Å². The Labute approximate surface area is 200 Å². The van der Waals surface area contributed by atoms with Crippen LogP contribution in [0.5, 0.6) is 0 Å². The Balaban J connectivity index is 0.000000751. The molecular formula is C26H31N5O3. The van der Waals surface area contributed by atoms with Crippen LogP contribution in [0.25, 0.3) is 11.1 Å². The van der Waals surface area contributed by atoms with Gasteiger partial charge in [0.1, 0.15) is 5.82 Å². The third-order valence-electron chi connectivity index (χ3n) is 5.46. The molecule has 8 nitrogen and oxygen atoms in total. The van der Waals surface area contributed by atoms with Crippen LogP contribution >= 0.6 is 0 Å². The van der Waals surface area contributed by atoms with E-state index in [0.717, 1.165) is 59.8 Å². The molecule has 0 aliphatic carbocycles. The van der Waals surface area contributed by atoms with Gasteiger partial charge in [0.2, 0.25) is 5.91 Å². The van der Waals surface area contributed by atoms with Gasteiger partial charge in [0, 0.05) is 38.1 Å². The summed E-state index contributed by atoms with van der Waals surface area (Å²) in [6, 6.07) is 14.1. The minimum absolute atomic E-state index is 0.0654. The maximum atomic E-state index is 12.5. The number of hydrogen-bond donors (Lipinski definition) is 2. The van der Waals surface area contributed by atoms with Crippen LogP contribution in [0.15, 0.2) is 54.9 Å². The fourth-order valence-electron chi connectivity index (χ4n) is 3.82. The van der Waals surface area contributed by atoms with Crippen LogP contribution in [0.3, 0.4) is 0 Å². The first-order chi connectivity index (χ1) is 16.5. The zero-order chi connectivity index (χ0) is 24.3. The third kappa shape index (κ3) is 7.11. The molecule has 1 aliphatic rings. The van der Waals surface area contributed by atoms with Crippen LogP contribution in [0.1, 0.15) is 16.8 Å². The van der Waals surface area contributed by atoms with Crippen molar-refractivity contribution in [2.45, 2.75) is 20.3 Å². The standard InChI is InChI=1S/C24H27N5O.C2H4O2/c1-17-13-19(3-5-22(17)20-7-8-26-18(2)14-20)15-24(30)28-23-6-4-21(16-27-23)29-11-9-25-10-12-29;1-4-2-3/h3-8,13-14,16,25H,9-12,15H2,1-2H3,(H,27,28,30);2H,1H3. The van der Waals surface area contributed by atoms with Gasteiger partial charge in [-0.05, 0) is 60.4 Å². The number of rotatable bonds is 6. The van der Waals surface area contributed by atoms with Gasteiger partial charge in [-0.2, -0.15) is 0 Å². The van der Waals surface area contributed by atoms with Crippen LogP contribution in [0, 0.1) is 13.8 Å². The van der Waals surface area contributed by atoms with Crippen molar-refractivity contribution in [1.29, 1.82) is 0 Å². The second-order valence-corrected chi connectivity index (χ2v) is 8.03. The number of piperazine rings is 1. The third-order valence-corrected chi connectivity index (χ3v) is 5.46. The van der Waals surface area contributed by atoms with E-state index in [1.165, 1.54) is 7.11 Å². The van der Waals surface area contributed by atoms with E-state index < -0.39 is 0 Å². The summed E-state index contributed by atoms with van der Waals surface area (Å²) in [5.41, 5.74) is 6.51. The average Bonchev–Trinajstić information content (AvgIpc) is 2.85. The molecule has 2 N–H and O–H groups in total. The van der Waals surface area contributed by atoms with Gasteiger partial charge in [-0.25, -0.2) is 4.98 Å². The van der Waals surface area contributed by atoms with E-state index in [4.69, 9.17) is 4.79 Å². The number of hydrogen-bond acceptors (Lipinski definition) is 7. The molecule has 1 saturated heterocycles. The number of aryl methyl sites for hydroxylation is 2. The van der Waals surface area contributed by atoms with Gasteiger partial charge in [0.05, 0.1) is 25.4 Å². The first-order valence-corrected chi connectivity index (χ1v) is 11.2. The van der Waals surface area contributed by atoms with E-state index in [9.17, 15) is 4.79 Å². The molecule has 0 radical (unpaired) electrons. The maximum Gasteiger partial charge on any atom is 0.292 e. The zero-order valence-electron chi connectivity index (χ0n) is 19.9. The Morgan fingerprint density at radius 1 is 1.12 bits per heavy atom. The van der Waals surface area contributed by atoms with Gasteiger partial charge in [0.15, 0.2) is 0 Å². The zero-order valence-corrected chi connectivity index (χ0v) is 19.9. The monoisotopic (exact) mass is 461 g/mol. The summed E-state index contributed by atoms with van der Waals surface area (Å²) < 4.78 is 3.86. The molecule has 0 atom stereocenters. The molecular weight excluding hydrogens is 430 g/mol. The highest BCUT2D eigenvalue weighted by Gasteiger charge is 2.12. The largest absolute Gasteiger partial charge is 0.471 e. The normalized spacial score (nSPS) is 12.9. The van der Waals surface area contributed by atoms with E-state index in [-0.39, 0.29) is 5.91 Å². The lowest BCUT2D eigenvalue weighted by atomic mass is 9.97. The predicted octanol–water partition coefficient (Wildman–Crippen LogP) is 3.14. The van der Waals surface area contributed by atoms with Crippen molar-refractivity contribution < 1.29 is 14.3 Å². The molecule has 34 heavy (non-hydrogen) atoms. The van der Waals surface area contributed by atoms with Gasteiger partial charge in [0.25, 0.3) is 6.47 Å². The molecule has 2 aromatic heterocycles. The summed E-state index contributed by atoms with van der Waals surface area (Å²) in [7, 11) is 1.31. The molecule has 3 heterocycles. The van der Waals surface area contributed by atoms with Crippen LogP contribution in [-0.2, 0) is 20.7 Å². The van der Waals surface area contributed by atoms with Crippen molar-refractivity contribution in [3.8, 4) is 11.1 Å². The maximum absolute atomic E-state index is 12.5. The van der Waals surface area contributed by atoms with Crippen molar-refractivity contribution in [3.05, 3.63) is 71.7 Å². The molecule has 1 fully saturated rings. The van der Waals surface area contributed by atoms with Crippen LogP contribution in [0.4, 0.5) is 11.5 Å². The van der Waals surface area contributed by atoms with Crippen molar-refractivity contribution in [3.63, 3.8) is 0 Å². The lowest BCUT2D eigenvalue weighted by molar-refractivity contribution is -0.126. The second kappa shape index (κ2) is 12.5. The number of nitrogens with zero attached hydrogens (tertiary/aromatic N) is 3. The van der Waals surface area contributed by atoms with Gasteiger partial charge in [-0.15, -0.1) is 0 Å². The van der Waals surface area contributed by atoms with Gasteiger partial charge < -0.3 is 20.3 Å². The summed E-state index contributed by atoms with van der Waals surface area (Å²) in [4.78, 5) is 32.4. The lowest BCUT2D eigenvalue weighted by Crippen LogP contribution is -2.43. The Morgan fingerprint density at radius 2 is 1.88 bits per heavy atom. The van der Waals surface area contributed by atoms with Gasteiger partial charge in [-0.1, -0.05) is 18.2 Å². The molecule has 0 saturated carbocycles. The number of carbonyl (C=O) groups is 2. The summed E-state index contributed by atoms with van der Waals surface area (Å²) in [6.07, 6.45) is 3.97. The number of amides is 1. The Bertz CT molecular complexity index is 1100. The van der Waals surface area contributed by atoms with E-state index in [1.807, 2.05) is 43.6 Å². The van der Waals surface area contributed by atoms with E-state index in [1.54, 1.807) is 0 Å². The number of aromatic nitrogens is 2. The molecule has 1 aromatic carbocycles. The summed E-state index contributed by atoms with van der Waals surface area (Å²) in [5, 5.41) is 6.25. The molecule has 1 amide bonds. The van der Waals surface area contributed by atoms with Crippen molar-refractivity contribution >= 4 is 23.9 Å². The topological polar surface area (TPSA) is 96.5 Å². The van der Waals surface area contributed by atoms with Crippen molar-refractivity contribution in [2.24, 2.45) is 0 Å². The fourth-order valence-corrected chi connectivity index (χ4v) is 3.82. The van der Waals surface area contributed by atoms with Gasteiger partial charge in [-0.3, -0.25) is 14.6 Å². The molecule has 0 unspecified atom stereocenters. The molecule has 0 spiro atoms. The Kier molecular flexibility index (Phi) is 9.11. The minimum atomic E-state index is -0.0654. The molecule has 178 valence electrons. The van der Waals surface area contributed by atoms with Crippen LogP contribution in [0.2, 0.25) is 0 Å². The number of benzene rings is 1. The predicted molar refractivity (Wildman–Crippen MR) is 134 cm³/mol. The highest BCUT2D eigenvalue weighted by molar-refractivity contribution is 5.91. The van der Waals surface area contributed by atoms with Crippen molar-refractivity contribution in [1.82, 2.24) is 15.3 Å². The first-order valence-electron chi connectivity index (χ1n) is 11.2. The first kappa shape index (κ1) is 24.9. The summed E-state index contributed by atoms with van der Waals surface area (Å²) in [6.45, 7) is 8.35.